The molecule has 16 unspecified atom stereocenters. The van der Waals surface area contributed by atoms with Crippen molar-refractivity contribution in [3.63, 3.8) is 0 Å². The Balaban J connectivity index is 1.38. The van der Waals surface area contributed by atoms with Gasteiger partial charge in [-0.25, -0.2) is 0 Å². The molecule has 1 N–H and O–H groups in total. The molecule has 0 radical (unpaired) electrons. The Labute approximate surface area is 131 Å². The number of hydrogen-bond donors (Lipinski definition) is 1. The second kappa shape index (κ2) is 1.81. The third-order valence-electron chi connectivity index (χ3n) is 14.5. The van der Waals surface area contributed by atoms with Crippen LogP contribution in [-0.4, -0.2) is 11.6 Å². The Morgan fingerprint density at radius 3 is 2.45 bits per heavy atom. The lowest BCUT2D eigenvalue weighted by molar-refractivity contribution is -0.693. The standard InChI is InChI=1S/C21H23N/c1-17-8-3-12(17)16-13-5-10-9-4-11-15-7-2-6(8)14(7)20(15)18(9,11)19(10,13)21(17,20)22-16/h6-16,22H,2-5H2,1H3. The average Bonchev–Trinajstić information content (AvgIpc) is 2.77. The molecule has 0 aromatic heterocycles. The Morgan fingerprint density at radius 1 is 0.682 bits per heavy atom. The minimum Gasteiger partial charge on any atom is -0.306 e. The van der Waals surface area contributed by atoms with E-state index in [0.29, 0.717) is 0 Å². The largest absolute Gasteiger partial charge is 0.306 e. The predicted octanol–water partition coefficient (Wildman–Crippen LogP) is 2.52. The molecule has 2 aliphatic heterocycles. The third-order valence-corrected chi connectivity index (χ3v) is 14.5. The quantitative estimate of drug-likeness (QED) is 0.722. The van der Waals surface area contributed by atoms with Crippen LogP contribution >= 0.6 is 0 Å². The molecule has 16 atom stereocenters. The Morgan fingerprint density at radius 2 is 1.50 bits per heavy atom. The Kier molecular flexibility index (Phi) is 0.776. The molecule has 11 rings (SSSR count). The van der Waals surface area contributed by atoms with Crippen LogP contribution in [0.5, 0.6) is 0 Å². The van der Waals surface area contributed by atoms with Crippen molar-refractivity contribution in [3.8, 4) is 0 Å². The van der Waals surface area contributed by atoms with Gasteiger partial charge in [-0.15, -0.1) is 0 Å². The van der Waals surface area contributed by atoms with Crippen LogP contribution in [-0.2, 0) is 0 Å². The predicted molar refractivity (Wildman–Crippen MR) is 78.4 cm³/mol. The molecule has 2 saturated heterocycles. The van der Waals surface area contributed by atoms with Crippen LogP contribution in [0.15, 0.2) is 0 Å². The van der Waals surface area contributed by atoms with Crippen molar-refractivity contribution in [1.29, 1.82) is 0 Å². The summed E-state index contributed by atoms with van der Waals surface area (Å²) in [5.41, 5.74) is 4.29. The maximum atomic E-state index is 4.55. The van der Waals surface area contributed by atoms with Gasteiger partial charge in [-0.05, 0) is 95.7 Å². The van der Waals surface area contributed by atoms with Crippen LogP contribution in [0, 0.1) is 80.8 Å². The summed E-state index contributed by atoms with van der Waals surface area (Å²) >= 11 is 0. The zero-order valence-corrected chi connectivity index (χ0v) is 13.2. The van der Waals surface area contributed by atoms with Gasteiger partial charge in [0.15, 0.2) is 0 Å². The van der Waals surface area contributed by atoms with Crippen molar-refractivity contribution in [2.45, 2.75) is 44.2 Å². The van der Waals surface area contributed by atoms with Crippen molar-refractivity contribution < 1.29 is 0 Å². The highest BCUT2D eigenvalue weighted by atomic mass is 15.4. The molecular weight excluding hydrogens is 266 g/mol. The van der Waals surface area contributed by atoms with Gasteiger partial charge in [0.05, 0.1) is 0 Å². The molecule has 2 heterocycles. The first-order valence-corrected chi connectivity index (χ1v) is 10.5. The molecule has 1 nitrogen and oxygen atoms in total. The topological polar surface area (TPSA) is 12.0 Å². The molecule has 112 valence electrons. The second-order valence-corrected chi connectivity index (χ2v) is 12.3. The minimum atomic E-state index is 0.717. The molecule has 1 heteroatoms. The van der Waals surface area contributed by atoms with Gasteiger partial charge >= 0.3 is 0 Å². The maximum Gasteiger partial charge on any atom is 0.0379 e. The monoisotopic (exact) mass is 289 g/mol. The SMILES string of the molecule is CC12C3CC1C1NC24C25C1CC2C1CC2C6C7CC3C7C64C125. The van der Waals surface area contributed by atoms with Gasteiger partial charge in [-0.2, -0.15) is 0 Å². The number of fused-ring (bicyclic) bond motifs is 7. The zero-order valence-electron chi connectivity index (χ0n) is 13.2. The highest BCUT2D eigenvalue weighted by molar-refractivity contribution is 5.69. The Bertz CT molecular complexity index is 834. The van der Waals surface area contributed by atoms with Crippen molar-refractivity contribution >= 4 is 0 Å². The number of hydrogen-bond acceptors (Lipinski definition) is 1. The lowest BCUT2D eigenvalue weighted by atomic mass is 8.86. The maximum absolute atomic E-state index is 4.55. The van der Waals surface area contributed by atoms with Crippen molar-refractivity contribution in [2.24, 2.45) is 80.8 Å². The van der Waals surface area contributed by atoms with E-state index < -0.39 is 0 Å². The van der Waals surface area contributed by atoms with E-state index in [1.54, 1.807) is 25.7 Å². The zero-order chi connectivity index (χ0) is 13.4. The second-order valence-electron chi connectivity index (χ2n) is 12.3. The van der Waals surface area contributed by atoms with Gasteiger partial charge in [0.2, 0.25) is 0 Å². The van der Waals surface area contributed by atoms with E-state index in [1.807, 2.05) is 0 Å². The number of nitrogens with one attached hydrogen (secondary N) is 1. The van der Waals surface area contributed by atoms with Crippen molar-refractivity contribution in [2.75, 3.05) is 0 Å². The summed E-state index contributed by atoms with van der Waals surface area (Å²) in [5.74, 6) is 12.1. The molecule has 11 fully saturated rings. The molecule has 0 aromatic rings. The normalized spacial score (nSPS) is 103. The summed E-state index contributed by atoms with van der Waals surface area (Å²) in [6.45, 7) is 2.83. The fourth-order valence-corrected chi connectivity index (χ4v) is 15.7. The molecule has 11 aliphatic rings. The van der Waals surface area contributed by atoms with Gasteiger partial charge in [-0.3, -0.25) is 0 Å². The summed E-state index contributed by atoms with van der Waals surface area (Å²) in [6.07, 6.45) is 6.68. The molecule has 0 amide bonds. The van der Waals surface area contributed by atoms with Crippen LogP contribution < -0.4 is 5.32 Å². The molecule has 9 aliphatic carbocycles. The molecule has 0 aromatic carbocycles. The molecule has 4 spiro atoms. The Hall–Kier alpha value is -0.0400. The van der Waals surface area contributed by atoms with Crippen LogP contribution in [0.2, 0.25) is 0 Å². The van der Waals surface area contributed by atoms with Crippen molar-refractivity contribution in [3.05, 3.63) is 0 Å². The van der Waals surface area contributed by atoms with E-state index in [2.05, 4.69) is 12.2 Å². The van der Waals surface area contributed by atoms with Crippen LogP contribution in [0.3, 0.4) is 0 Å². The smallest absolute Gasteiger partial charge is 0.0379 e. The first-order chi connectivity index (χ1) is 10.8. The lowest BCUT2D eigenvalue weighted by Gasteiger charge is -3.17. The van der Waals surface area contributed by atoms with Gasteiger partial charge in [0.1, 0.15) is 0 Å². The summed E-state index contributed by atoms with van der Waals surface area (Å²) in [5, 5.41) is 4.55. The van der Waals surface area contributed by atoms with Crippen LogP contribution in [0.4, 0.5) is 0 Å². The molecule has 22 heavy (non-hydrogen) atoms. The minimum absolute atomic E-state index is 0.717. The van der Waals surface area contributed by atoms with Crippen LogP contribution in [0.25, 0.3) is 0 Å². The highest BCUT2D eigenvalue weighted by Gasteiger charge is 3.20. The highest BCUT2D eigenvalue weighted by Crippen LogP contribution is 3.19. The summed E-state index contributed by atoms with van der Waals surface area (Å²) in [6, 6.07) is 0.992. The fourth-order valence-electron chi connectivity index (χ4n) is 15.7. The van der Waals surface area contributed by atoms with Gasteiger partial charge in [0.25, 0.3) is 0 Å². The van der Waals surface area contributed by atoms with E-state index in [9.17, 15) is 0 Å². The van der Waals surface area contributed by atoms with E-state index in [-0.39, 0.29) is 0 Å². The molecule has 9 saturated carbocycles. The summed E-state index contributed by atoms with van der Waals surface area (Å²) in [7, 11) is 0. The third kappa shape index (κ3) is 0.337. The van der Waals surface area contributed by atoms with Gasteiger partial charge in [0, 0.05) is 22.4 Å². The van der Waals surface area contributed by atoms with E-state index >= 15 is 0 Å². The lowest BCUT2D eigenvalue weighted by Crippen LogP contribution is -3.18. The van der Waals surface area contributed by atoms with E-state index in [0.717, 1.165) is 51.0 Å². The fraction of sp³-hybridized carbons (Fsp3) is 1.00. The van der Waals surface area contributed by atoms with Crippen LogP contribution in [0.1, 0.15) is 32.6 Å². The van der Waals surface area contributed by atoms with E-state index in [1.165, 1.54) is 41.4 Å². The number of rotatable bonds is 0. The first kappa shape index (κ1) is 9.44. The molecule has 2 bridgehead atoms. The van der Waals surface area contributed by atoms with Gasteiger partial charge in [-0.1, -0.05) is 6.92 Å². The summed E-state index contributed by atoms with van der Waals surface area (Å²) < 4.78 is 0. The average molecular weight is 289 g/mol. The molecular formula is C21H23N. The van der Waals surface area contributed by atoms with Gasteiger partial charge < -0.3 is 5.32 Å². The van der Waals surface area contributed by atoms with E-state index in [4.69, 9.17) is 0 Å². The summed E-state index contributed by atoms with van der Waals surface area (Å²) in [4.78, 5) is 0. The van der Waals surface area contributed by atoms with Crippen molar-refractivity contribution in [1.82, 2.24) is 5.32 Å². The first-order valence-electron chi connectivity index (χ1n) is 10.5.